The first-order valence-corrected chi connectivity index (χ1v) is 3.95. The van der Waals surface area contributed by atoms with E-state index in [0.717, 1.165) is 30.4 Å². The highest BCUT2D eigenvalue weighted by Crippen LogP contribution is 2.26. The number of aliphatic hydroxyl groups excluding tert-OH is 1. The quantitative estimate of drug-likeness (QED) is 0.639. The maximum absolute atomic E-state index is 9.49. The second-order valence-electron chi connectivity index (χ2n) is 2.80. The van der Waals surface area contributed by atoms with Crippen LogP contribution in [-0.4, -0.2) is 11.2 Å². The number of aliphatic hydroxyl groups is 1. The third kappa shape index (κ3) is 1.60. The molecule has 60 valence electrons. The van der Waals surface area contributed by atoms with Crippen LogP contribution < -0.4 is 0 Å². The zero-order valence-corrected chi connectivity index (χ0v) is 6.71. The molecule has 0 unspecified atom stereocenters. The minimum Gasteiger partial charge on any atom is -0.388 e. The number of rotatable bonds is 2. The lowest BCUT2D eigenvalue weighted by Gasteiger charge is -2.20. The maximum Gasteiger partial charge on any atom is 0.0792 e. The standard InChI is InChI=1S/C10H14O/c1-3-8-6-5-7-10(11)9(8)4-2/h3-4,10-11H,1-2,5-7H2/t10-/m0/s1. The Hall–Kier alpha value is -0.820. The molecule has 1 N–H and O–H groups in total. The Morgan fingerprint density at radius 3 is 2.55 bits per heavy atom. The van der Waals surface area contributed by atoms with Gasteiger partial charge in [0, 0.05) is 0 Å². The summed E-state index contributed by atoms with van der Waals surface area (Å²) in [6, 6.07) is 0. The molecule has 1 nitrogen and oxygen atoms in total. The van der Waals surface area contributed by atoms with Crippen molar-refractivity contribution < 1.29 is 5.11 Å². The fraction of sp³-hybridized carbons (Fsp3) is 0.400. The Bertz CT molecular complexity index is 201. The van der Waals surface area contributed by atoms with Crippen molar-refractivity contribution in [1.82, 2.24) is 0 Å². The Kier molecular flexibility index (Phi) is 2.66. The van der Waals surface area contributed by atoms with Gasteiger partial charge in [-0.25, -0.2) is 0 Å². The molecule has 1 atom stereocenters. The van der Waals surface area contributed by atoms with E-state index in [2.05, 4.69) is 13.2 Å². The highest BCUT2D eigenvalue weighted by atomic mass is 16.3. The zero-order valence-electron chi connectivity index (χ0n) is 6.71. The third-order valence-electron chi connectivity index (χ3n) is 2.12. The van der Waals surface area contributed by atoms with E-state index in [1.165, 1.54) is 0 Å². The summed E-state index contributed by atoms with van der Waals surface area (Å²) in [7, 11) is 0. The smallest absolute Gasteiger partial charge is 0.0792 e. The van der Waals surface area contributed by atoms with Crippen LogP contribution in [0.3, 0.4) is 0 Å². The van der Waals surface area contributed by atoms with E-state index in [9.17, 15) is 5.11 Å². The zero-order chi connectivity index (χ0) is 8.27. The van der Waals surface area contributed by atoms with Crippen LogP contribution in [0, 0.1) is 0 Å². The van der Waals surface area contributed by atoms with Crippen LogP contribution in [-0.2, 0) is 0 Å². The molecule has 0 radical (unpaired) electrons. The Balaban J connectivity index is 2.94. The van der Waals surface area contributed by atoms with Gasteiger partial charge in [-0.3, -0.25) is 0 Å². The van der Waals surface area contributed by atoms with E-state index in [1.807, 2.05) is 6.08 Å². The summed E-state index contributed by atoms with van der Waals surface area (Å²) in [5, 5.41) is 9.49. The van der Waals surface area contributed by atoms with Crippen LogP contribution in [0.15, 0.2) is 36.5 Å². The Labute approximate surface area is 67.7 Å². The molecule has 0 aromatic heterocycles. The normalized spacial score (nSPS) is 25.0. The average molecular weight is 150 g/mol. The van der Waals surface area contributed by atoms with Crippen LogP contribution in [0.25, 0.3) is 0 Å². The van der Waals surface area contributed by atoms with Crippen molar-refractivity contribution in [1.29, 1.82) is 0 Å². The number of hydrogen-bond donors (Lipinski definition) is 1. The molecule has 0 saturated carbocycles. The van der Waals surface area contributed by atoms with Crippen LogP contribution in [0.4, 0.5) is 0 Å². The molecule has 0 aromatic rings. The lowest BCUT2D eigenvalue weighted by atomic mass is 9.89. The number of allylic oxidation sites excluding steroid dienone is 2. The maximum atomic E-state index is 9.49. The van der Waals surface area contributed by atoms with Crippen molar-refractivity contribution >= 4 is 0 Å². The lowest BCUT2D eigenvalue weighted by molar-refractivity contribution is 0.193. The minimum atomic E-state index is -0.311. The molecule has 1 rings (SSSR count). The molecule has 0 saturated heterocycles. The first kappa shape index (κ1) is 8.28. The fourth-order valence-corrected chi connectivity index (χ4v) is 1.49. The summed E-state index contributed by atoms with van der Waals surface area (Å²) in [6.07, 6.45) is 6.19. The van der Waals surface area contributed by atoms with E-state index < -0.39 is 0 Å². The van der Waals surface area contributed by atoms with Crippen molar-refractivity contribution in [3.8, 4) is 0 Å². The van der Waals surface area contributed by atoms with Crippen molar-refractivity contribution in [2.45, 2.75) is 25.4 Å². The number of hydrogen-bond acceptors (Lipinski definition) is 1. The van der Waals surface area contributed by atoms with Gasteiger partial charge in [0.2, 0.25) is 0 Å². The van der Waals surface area contributed by atoms with Gasteiger partial charge in [0.25, 0.3) is 0 Å². The van der Waals surface area contributed by atoms with Crippen LogP contribution in [0.5, 0.6) is 0 Å². The van der Waals surface area contributed by atoms with Gasteiger partial charge in [0.1, 0.15) is 0 Å². The van der Waals surface area contributed by atoms with E-state index in [0.29, 0.717) is 0 Å². The summed E-state index contributed by atoms with van der Waals surface area (Å²) in [4.78, 5) is 0. The SMILES string of the molecule is C=CC1=C(C=C)[C@@H](O)CCC1. The van der Waals surface area contributed by atoms with E-state index >= 15 is 0 Å². The van der Waals surface area contributed by atoms with Crippen LogP contribution >= 0.6 is 0 Å². The van der Waals surface area contributed by atoms with Crippen molar-refractivity contribution in [3.63, 3.8) is 0 Å². The molecule has 0 aliphatic heterocycles. The lowest BCUT2D eigenvalue weighted by Crippen LogP contribution is -2.14. The summed E-state index contributed by atoms with van der Waals surface area (Å²) in [5.74, 6) is 0. The van der Waals surface area contributed by atoms with Crippen molar-refractivity contribution in [3.05, 3.63) is 36.5 Å². The molecule has 0 aromatic carbocycles. The Morgan fingerprint density at radius 2 is 2.09 bits per heavy atom. The monoisotopic (exact) mass is 150 g/mol. The fourth-order valence-electron chi connectivity index (χ4n) is 1.49. The molecule has 0 heterocycles. The first-order valence-electron chi connectivity index (χ1n) is 3.95. The summed E-state index contributed by atoms with van der Waals surface area (Å²) in [5.41, 5.74) is 2.12. The minimum absolute atomic E-state index is 0.311. The molecule has 0 spiro atoms. The Morgan fingerprint density at radius 1 is 1.36 bits per heavy atom. The van der Waals surface area contributed by atoms with E-state index in [-0.39, 0.29) is 6.10 Å². The van der Waals surface area contributed by atoms with Crippen LogP contribution in [0.2, 0.25) is 0 Å². The summed E-state index contributed by atoms with van der Waals surface area (Å²) < 4.78 is 0. The second-order valence-corrected chi connectivity index (χ2v) is 2.80. The van der Waals surface area contributed by atoms with Gasteiger partial charge in [0.05, 0.1) is 6.10 Å². The largest absolute Gasteiger partial charge is 0.388 e. The average Bonchev–Trinajstić information content (AvgIpc) is 2.04. The molecule has 0 amide bonds. The van der Waals surface area contributed by atoms with E-state index in [4.69, 9.17) is 0 Å². The summed E-state index contributed by atoms with van der Waals surface area (Å²) in [6.45, 7) is 7.37. The predicted molar refractivity (Wildman–Crippen MR) is 47.3 cm³/mol. The van der Waals surface area contributed by atoms with Crippen LogP contribution in [0.1, 0.15) is 19.3 Å². The first-order chi connectivity index (χ1) is 5.29. The van der Waals surface area contributed by atoms with E-state index in [1.54, 1.807) is 6.08 Å². The summed E-state index contributed by atoms with van der Waals surface area (Å²) >= 11 is 0. The van der Waals surface area contributed by atoms with Gasteiger partial charge < -0.3 is 5.11 Å². The topological polar surface area (TPSA) is 20.2 Å². The molecule has 1 heteroatoms. The van der Waals surface area contributed by atoms with Gasteiger partial charge in [-0.15, -0.1) is 0 Å². The molecule has 11 heavy (non-hydrogen) atoms. The predicted octanol–water partition coefficient (Wildman–Crippen LogP) is 2.20. The van der Waals surface area contributed by atoms with Gasteiger partial charge in [-0.1, -0.05) is 25.3 Å². The second kappa shape index (κ2) is 3.54. The van der Waals surface area contributed by atoms with Gasteiger partial charge in [0.15, 0.2) is 0 Å². The van der Waals surface area contributed by atoms with Crippen molar-refractivity contribution in [2.75, 3.05) is 0 Å². The highest BCUT2D eigenvalue weighted by Gasteiger charge is 2.16. The van der Waals surface area contributed by atoms with Gasteiger partial charge >= 0.3 is 0 Å². The molecule has 1 aliphatic rings. The molecule has 0 bridgehead atoms. The highest BCUT2D eigenvalue weighted by molar-refractivity contribution is 5.35. The van der Waals surface area contributed by atoms with Gasteiger partial charge in [-0.2, -0.15) is 0 Å². The van der Waals surface area contributed by atoms with Crippen molar-refractivity contribution in [2.24, 2.45) is 0 Å². The molecule has 0 fully saturated rings. The molecular weight excluding hydrogens is 136 g/mol. The molecule has 1 aliphatic carbocycles. The van der Waals surface area contributed by atoms with Gasteiger partial charge in [-0.05, 0) is 30.4 Å². The third-order valence-corrected chi connectivity index (χ3v) is 2.12. The molecular formula is C10H14O.